The molecule has 7 heteroatoms. The van der Waals surface area contributed by atoms with E-state index >= 15 is 0 Å². The molecule has 94 valence electrons. The molecule has 0 fully saturated rings. The Morgan fingerprint density at radius 2 is 1.72 bits per heavy atom. The molecular formula is C11H9ClF2N4. The van der Waals surface area contributed by atoms with Gasteiger partial charge in [-0.05, 0) is 12.5 Å². The smallest absolute Gasteiger partial charge is 0.234 e. The van der Waals surface area contributed by atoms with Gasteiger partial charge >= 0.3 is 0 Å². The van der Waals surface area contributed by atoms with E-state index in [1.165, 1.54) is 6.20 Å². The van der Waals surface area contributed by atoms with Gasteiger partial charge in [-0.2, -0.15) is 0 Å². The first-order chi connectivity index (χ1) is 8.61. The number of hydrogen-bond donors (Lipinski definition) is 0. The third kappa shape index (κ3) is 2.59. The zero-order valence-electron chi connectivity index (χ0n) is 9.44. The summed E-state index contributed by atoms with van der Waals surface area (Å²) in [6.07, 6.45) is 1.72. The Kier molecular flexibility index (Phi) is 3.76. The fourth-order valence-corrected chi connectivity index (χ4v) is 1.53. The van der Waals surface area contributed by atoms with Gasteiger partial charge in [0.25, 0.3) is 6.43 Å². The van der Waals surface area contributed by atoms with Crippen LogP contribution in [0.1, 0.15) is 23.2 Å². The molecule has 0 saturated heterocycles. The quantitative estimate of drug-likeness (QED) is 0.805. The molecule has 0 aliphatic carbocycles. The van der Waals surface area contributed by atoms with Crippen molar-refractivity contribution < 1.29 is 8.78 Å². The molecule has 0 atom stereocenters. The van der Waals surface area contributed by atoms with Crippen LogP contribution >= 0.6 is 11.6 Å². The van der Waals surface area contributed by atoms with Gasteiger partial charge in [-0.3, -0.25) is 0 Å². The van der Waals surface area contributed by atoms with Gasteiger partial charge in [0, 0.05) is 24.2 Å². The van der Waals surface area contributed by atoms with Crippen LogP contribution in [0.3, 0.4) is 0 Å². The van der Waals surface area contributed by atoms with Crippen molar-refractivity contribution in [2.45, 2.75) is 19.2 Å². The van der Waals surface area contributed by atoms with Crippen molar-refractivity contribution in [3.63, 3.8) is 0 Å². The van der Waals surface area contributed by atoms with Gasteiger partial charge < -0.3 is 0 Å². The maximum absolute atomic E-state index is 12.8. The van der Waals surface area contributed by atoms with Gasteiger partial charge in [0.05, 0.1) is 5.88 Å². The molecule has 0 aliphatic rings. The molecule has 0 aliphatic heterocycles. The zero-order valence-corrected chi connectivity index (χ0v) is 10.2. The number of aryl methyl sites for hydroxylation is 1. The summed E-state index contributed by atoms with van der Waals surface area (Å²) in [5.41, 5.74) is 0.701. The zero-order chi connectivity index (χ0) is 13.1. The minimum atomic E-state index is -2.70. The van der Waals surface area contributed by atoms with Crippen LogP contribution in [0.25, 0.3) is 11.6 Å². The monoisotopic (exact) mass is 270 g/mol. The third-order valence-corrected chi connectivity index (χ3v) is 2.52. The van der Waals surface area contributed by atoms with Gasteiger partial charge in [-0.1, -0.05) is 0 Å². The number of hydrogen-bond acceptors (Lipinski definition) is 4. The standard InChI is InChI=1S/C11H9ClF2N4/c1-6-3-15-10(16-4-6)11-17-5-7(2-12)8(18-11)9(13)14/h3-5,9H,2H2,1H3. The highest BCUT2D eigenvalue weighted by molar-refractivity contribution is 6.17. The molecule has 2 rings (SSSR count). The molecule has 4 nitrogen and oxygen atoms in total. The summed E-state index contributed by atoms with van der Waals surface area (Å²) in [5, 5.41) is 0. The Bertz CT molecular complexity index is 545. The SMILES string of the molecule is Cc1cnc(-c2ncc(CCl)c(C(F)F)n2)nc1. The fraction of sp³-hybridized carbons (Fsp3) is 0.273. The van der Waals surface area contributed by atoms with Crippen LogP contribution in [0, 0.1) is 6.92 Å². The van der Waals surface area contributed by atoms with Gasteiger partial charge in [-0.25, -0.2) is 28.7 Å². The van der Waals surface area contributed by atoms with Crippen LogP contribution < -0.4 is 0 Å². The van der Waals surface area contributed by atoms with E-state index < -0.39 is 6.43 Å². The van der Waals surface area contributed by atoms with E-state index in [2.05, 4.69) is 19.9 Å². The molecule has 2 heterocycles. The van der Waals surface area contributed by atoms with E-state index in [0.29, 0.717) is 0 Å². The van der Waals surface area contributed by atoms with Gasteiger partial charge in [0.15, 0.2) is 11.6 Å². The lowest BCUT2D eigenvalue weighted by Crippen LogP contribution is -2.03. The van der Waals surface area contributed by atoms with E-state index in [-0.39, 0.29) is 28.8 Å². The van der Waals surface area contributed by atoms with Crippen LogP contribution in [0.2, 0.25) is 0 Å². The molecule has 2 aromatic heterocycles. The molecule has 0 radical (unpaired) electrons. The third-order valence-electron chi connectivity index (χ3n) is 2.23. The van der Waals surface area contributed by atoms with Crippen LogP contribution in [0.15, 0.2) is 18.6 Å². The largest absolute Gasteiger partial charge is 0.280 e. The lowest BCUT2D eigenvalue weighted by molar-refractivity contribution is 0.145. The van der Waals surface area contributed by atoms with Crippen molar-refractivity contribution >= 4 is 11.6 Å². The Morgan fingerprint density at radius 1 is 1.11 bits per heavy atom. The second-order valence-corrected chi connectivity index (χ2v) is 3.89. The minimum absolute atomic E-state index is 0.0608. The Balaban J connectivity index is 2.46. The second-order valence-electron chi connectivity index (χ2n) is 3.62. The summed E-state index contributed by atoms with van der Waals surface area (Å²) in [4.78, 5) is 15.7. The van der Waals surface area contributed by atoms with E-state index in [9.17, 15) is 8.78 Å². The van der Waals surface area contributed by atoms with Gasteiger partial charge in [-0.15, -0.1) is 11.6 Å². The first-order valence-corrected chi connectivity index (χ1v) is 5.64. The molecule has 18 heavy (non-hydrogen) atoms. The summed E-state index contributed by atoms with van der Waals surface area (Å²) >= 11 is 5.55. The first-order valence-electron chi connectivity index (χ1n) is 5.10. The minimum Gasteiger partial charge on any atom is -0.234 e. The number of alkyl halides is 3. The van der Waals surface area contributed by atoms with Crippen LogP contribution in [-0.4, -0.2) is 19.9 Å². The fourth-order valence-electron chi connectivity index (χ4n) is 1.33. The molecule has 0 unspecified atom stereocenters. The molecule has 0 aromatic carbocycles. The van der Waals surface area contributed by atoms with Crippen molar-refractivity contribution in [3.8, 4) is 11.6 Å². The van der Waals surface area contributed by atoms with Crippen LogP contribution in [-0.2, 0) is 5.88 Å². The predicted molar refractivity (Wildman–Crippen MR) is 62.3 cm³/mol. The molecular weight excluding hydrogens is 262 g/mol. The first kappa shape index (κ1) is 12.8. The second kappa shape index (κ2) is 5.30. The number of rotatable bonds is 3. The predicted octanol–water partition coefficient (Wildman–Crippen LogP) is 2.92. The maximum Gasteiger partial charge on any atom is 0.280 e. The normalized spacial score (nSPS) is 10.9. The van der Waals surface area contributed by atoms with E-state index in [4.69, 9.17) is 11.6 Å². The van der Waals surface area contributed by atoms with Crippen molar-refractivity contribution in [2.75, 3.05) is 0 Å². The molecule has 2 aromatic rings. The van der Waals surface area contributed by atoms with E-state index in [1.807, 2.05) is 6.92 Å². The number of aromatic nitrogens is 4. The molecule has 0 amide bonds. The summed E-state index contributed by atoms with van der Waals surface area (Å²) in [7, 11) is 0. The highest BCUT2D eigenvalue weighted by atomic mass is 35.5. The molecule has 0 bridgehead atoms. The molecule has 0 N–H and O–H groups in total. The van der Waals surface area contributed by atoms with E-state index in [1.54, 1.807) is 12.4 Å². The Hall–Kier alpha value is -1.69. The lowest BCUT2D eigenvalue weighted by Gasteiger charge is -2.06. The Morgan fingerprint density at radius 3 is 2.28 bits per heavy atom. The van der Waals surface area contributed by atoms with Gasteiger partial charge in [0.2, 0.25) is 0 Å². The highest BCUT2D eigenvalue weighted by Gasteiger charge is 2.17. The van der Waals surface area contributed by atoms with Crippen LogP contribution in [0.5, 0.6) is 0 Å². The summed E-state index contributed by atoms with van der Waals surface area (Å²) in [6, 6.07) is 0. The van der Waals surface area contributed by atoms with Crippen molar-refractivity contribution in [2.24, 2.45) is 0 Å². The Labute approximate surface area is 107 Å². The van der Waals surface area contributed by atoms with Crippen molar-refractivity contribution in [1.29, 1.82) is 0 Å². The molecule has 0 spiro atoms. The average molecular weight is 271 g/mol. The summed E-state index contributed by atoms with van der Waals surface area (Å²) < 4.78 is 25.6. The average Bonchev–Trinajstić information content (AvgIpc) is 2.39. The highest BCUT2D eigenvalue weighted by Crippen LogP contribution is 2.23. The van der Waals surface area contributed by atoms with E-state index in [0.717, 1.165) is 5.56 Å². The number of nitrogens with zero attached hydrogens (tertiary/aromatic N) is 4. The van der Waals surface area contributed by atoms with Crippen LogP contribution in [0.4, 0.5) is 8.78 Å². The summed E-state index contributed by atoms with van der Waals surface area (Å²) in [6.45, 7) is 1.83. The topological polar surface area (TPSA) is 51.6 Å². The van der Waals surface area contributed by atoms with Crippen molar-refractivity contribution in [3.05, 3.63) is 35.4 Å². The summed E-state index contributed by atoms with van der Waals surface area (Å²) in [5.74, 6) is 0.220. The number of halogens is 3. The molecule has 0 saturated carbocycles. The van der Waals surface area contributed by atoms with Gasteiger partial charge in [0.1, 0.15) is 5.69 Å². The lowest BCUT2D eigenvalue weighted by atomic mass is 10.2. The van der Waals surface area contributed by atoms with Crippen molar-refractivity contribution in [1.82, 2.24) is 19.9 Å². The maximum atomic E-state index is 12.8.